The topological polar surface area (TPSA) is 88.1 Å². The Morgan fingerprint density at radius 2 is 2.38 bits per heavy atom. The summed E-state index contributed by atoms with van der Waals surface area (Å²) in [5, 5.41) is 7.28. The molecule has 1 saturated carbocycles. The summed E-state index contributed by atoms with van der Waals surface area (Å²) < 4.78 is 7.64. The van der Waals surface area contributed by atoms with Crippen molar-refractivity contribution < 1.29 is 9.53 Å². The molecule has 4 rings (SSSR count). The number of hydrogen-bond donors (Lipinski definition) is 2. The van der Waals surface area contributed by atoms with Crippen LogP contribution in [0.2, 0.25) is 0 Å². The number of hydrogen-bond acceptors (Lipinski definition) is 5. The fourth-order valence-electron chi connectivity index (χ4n) is 4.50. The van der Waals surface area contributed by atoms with Gasteiger partial charge in [0.15, 0.2) is 0 Å². The molecule has 0 radical (unpaired) electrons. The number of nitrogens with zero attached hydrogens (tertiary/aromatic N) is 4. The van der Waals surface area contributed by atoms with Gasteiger partial charge in [0, 0.05) is 50.5 Å². The molecule has 8 nitrogen and oxygen atoms in total. The smallest absolute Gasteiger partial charge is 0.241 e. The van der Waals surface area contributed by atoms with Crippen LogP contribution in [0, 0.1) is 0 Å². The molecule has 140 valence electrons. The molecule has 1 amide bonds. The summed E-state index contributed by atoms with van der Waals surface area (Å²) in [7, 11) is 1.82. The molecular formula is C18H26N6O2. The Morgan fingerprint density at radius 3 is 3.12 bits per heavy atom. The maximum absolute atomic E-state index is 12.3. The van der Waals surface area contributed by atoms with Gasteiger partial charge in [0.05, 0.1) is 12.1 Å². The van der Waals surface area contributed by atoms with E-state index in [2.05, 4.69) is 25.3 Å². The number of nitrogens with one attached hydrogen (secondary N) is 2. The number of methoxy groups -OCH3 is 1. The van der Waals surface area contributed by atoms with Crippen LogP contribution in [0.3, 0.4) is 0 Å². The van der Waals surface area contributed by atoms with Crippen molar-refractivity contribution in [2.24, 2.45) is 0 Å². The van der Waals surface area contributed by atoms with Crippen molar-refractivity contribution in [2.45, 2.75) is 56.5 Å². The molecule has 26 heavy (non-hydrogen) atoms. The normalized spacial score (nSPS) is 28.8. The Morgan fingerprint density at radius 1 is 1.46 bits per heavy atom. The van der Waals surface area contributed by atoms with Crippen molar-refractivity contribution >= 4 is 5.91 Å². The third-order valence-corrected chi connectivity index (χ3v) is 5.84. The second-order valence-corrected chi connectivity index (χ2v) is 7.28. The zero-order valence-electron chi connectivity index (χ0n) is 15.1. The predicted molar refractivity (Wildman–Crippen MR) is 95.2 cm³/mol. The van der Waals surface area contributed by atoms with Gasteiger partial charge >= 0.3 is 0 Å². The highest BCUT2D eigenvalue weighted by Gasteiger charge is 2.51. The molecule has 2 N–H and O–H groups in total. The molecule has 1 aliphatic heterocycles. The van der Waals surface area contributed by atoms with Crippen LogP contribution in [0.15, 0.2) is 30.9 Å². The molecule has 2 fully saturated rings. The fourth-order valence-corrected chi connectivity index (χ4v) is 4.50. The highest BCUT2D eigenvalue weighted by atomic mass is 16.5. The van der Waals surface area contributed by atoms with E-state index in [0.29, 0.717) is 6.04 Å². The summed E-state index contributed by atoms with van der Waals surface area (Å²) in [6.07, 6.45) is 11.0. The molecule has 3 heterocycles. The average molecular weight is 358 g/mol. The van der Waals surface area contributed by atoms with E-state index in [-0.39, 0.29) is 24.1 Å². The first-order chi connectivity index (χ1) is 12.7. The minimum Gasteiger partial charge on any atom is -0.377 e. The Kier molecular flexibility index (Phi) is 4.78. The number of fused-ring (bicyclic) bond motifs is 1. The summed E-state index contributed by atoms with van der Waals surface area (Å²) in [5.74, 6) is 0.987. The number of aromatic nitrogens is 4. The largest absolute Gasteiger partial charge is 0.377 e. The van der Waals surface area contributed by atoms with E-state index in [9.17, 15) is 4.79 Å². The Balaban J connectivity index is 1.40. The lowest BCUT2D eigenvalue weighted by atomic mass is 9.78. The number of H-pyrrole nitrogens is 1. The number of likely N-dealkylation sites (tertiary alicyclic amines) is 1. The van der Waals surface area contributed by atoms with E-state index in [0.717, 1.165) is 44.6 Å². The predicted octanol–water partition coefficient (Wildman–Crippen LogP) is 0.935. The van der Waals surface area contributed by atoms with Crippen molar-refractivity contribution in [3.63, 3.8) is 0 Å². The molecule has 0 bridgehead atoms. The molecular weight excluding hydrogens is 332 g/mol. The van der Waals surface area contributed by atoms with E-state index >= 15 is 0 Å². The number of carbonyl (C=O) groups excluding carboxylic acids is 1. The van der Waals surface area contributed by atoms with Gasteiger partial charge in [0.1, 0.15) is 12.4 Å². The molecule has 2 aliphatic rings. The minimum absolute atomic E-state index is 0.0131. The molecule has 1 aliphatic carbocycles. The maximum Gasteiger partial charge on any atom is 0.241 e. The SMILES string of the molecule is CO[C@@]12CC[C@@H](NC(=O)Cn3cccn3)C[C@@H]1N(Cc1ncc[nH]1)CC2. The van der Waals surface area contributed by atoms with Crippen molar-refractivity contribution in [1.29, 1.82) is 0 Å². The zero-order valence-corrected chi connectivity index (χ0v) is 15.1. The van der Waals surface area contributed by atoms with Gasteiger partial charge in [0.25, 0.3) is 0 Å². The van der Waals surface area contributed by atoms with Crippen LogP contribution in [0.5, 0.6) is 0 Å². The number of aromatic amines is 1. The number of ether oxygens (including phenoxy) is 1. The molecule has 3 atom stereocenters. The third kappa shape index (κ3) is 3.39. The van der Waals surface area contributed by atoms with E-state index < -0.39 is 0 Å². The van der Waals surface area contributed by atoms with E-state index in [4.69, 9.17) is 4.74 Å². The van der Waals surface area contributed by atoms with Gasteiger partial charge in [0.2, 0.25) is 5.91 Å². The molecule has 0 unspecified atom stereocenters. The first-order valence-electron chi connectivity index (χ1n) is 9.23. The molecule has 2 aromatic heterocycles. The van der Waals surface area contributed by atoms with E-state index in [1.807, 2.05) is 19.4 Å². The monoisotopic (exact) mass is 358 g/mol. The highest BCUT2D eigenvalue weighted by molar-refractivity contribution is 5.75. The van der Waals surface area contributed by atoms with Gasteiger partial charge in [-0.25, -0.2) is 4.98 Å². The number of imidazole rings is 1. The van der Waals surface area contributed by atoms with Crippen LogP contribution in [-0.2, 0) is 22.6 Å². The van der Waals surface area contributed by atoms with Crippen LogP contribution < -0.4 is 5.32 Å². The van der Waals surface area contributed by atoms with Crippen molar-refractivity contribution in [2.75, 3.05) is 13.7 Å². The van der Waals surface area contributed by atoms with Crippen LogP contribution in [0.4, 0.5) is 0 Å². The van der Waals surface area contributed by atoms with Crippen molar-refractivity contribution in [3.8, 4) is 0 Å². The van der Waals surface area contributed by atoms with Gasteiger partial charge in [-0.15, -0.1) is 0 Å². The standard InChI is InChI=1S/C18H26N6O2/c1-26-18-4-3-14(22-17(25)13-24-9-2-6-21-24)11-15(18)23(10-5-18)12-16-19-7-8-20-16/h2,6-9,14-15H,3-5,10-13H2,1H3,(H,19,20)(H,22,25)/t14-,15+,18-/m1/s1. The minimum atomic E-state index is -0.101. The summed E-state index contributed by atoms with van der Waals surface area (Å²) in [6, 6.07) is 2.29. The third-order valence-electron chi connectivity index (χ3n) is 5.84. The number of carbonyl (C=O) groups is 1. The fraction of sp³-hybridized carbons (Fsp3) is 0.611. The first-order valence-corrected chi connectivity index (χ1v) is 9.23. The number of amides is 1. The van der Waals surface area contributed by atoms with Crippen molar-refractivity contribution in [1.82, 2.24) is 30.0 Å². The number of rotatable bonds is 6. The molecule has 8 heteroatoms. The lowest BCUT2D eigenvalue weighted by Crippen LogP contribution is -2.54. The molecule has 1 saturated heterocycles. The molecule has 2 aromatic rings. The van der Waals surface area contributed by atoms with Crippen LogP contribution >= 0.6 is 0 Å². The van der Waals surface area contributed by atoms with Crippen LogP contribution in [0.1, 0.15) is 31.5 Å². The van der Waals surface area contributed by atoms with Gasteiger partial charge in [-0.3, -0.25) is 14.4 Å². The van der Waals surface area contributed by atoms with E-state index in [1.54, 1.807) is 23.3 Å². The molecule has 0 spiro atoms. The first kappa shape index (κ1) is 17.2. The van der Waals surface area contributed by atoms with Gasteiger partial charge in [-0.2, -0.15) is 5.10 Å². The van der Waals surface area contributed by atoms with Gasteiger partial charge < -0.3 is 15.0 Å². The Bertz CT molecular complexity index is 716. The van der Waals surface area contributed by atoms with Gasteiger partial charge in [-0.1, -0.05) is 0 Å². The summed E-state index contributed by atoms with van der Waals surface area (Å²) >= 11 is 0. The summed E-state index contributed by atoms with van der Waals surface area (Å²) in [4.78, 5) is 22.3. The highest BCUT2D eigenvalue weighted by Crippen LogP contribution is 2.42. The van der Waals surface area contributed by atoms with Crippen molar-refractivity contribution in [3.05, 3.63) is 36.7 Å². The average Bonchev–Trinajstić information content (AvgIpc) is 3.38. The summed E-state index contributed by atoms with van der Waals surface area (Å²) in [6.45, 7) is 2.05. The Hall–Kier alpha value is -2.19. The van der Waals surface area contributed by atoms with Gasteiger partial charge in [-0.05, 0) is 31.7 Å². The second kappa shape index (κ2) is 7.20. The second-order valence-electron chi connectivity index (χ2n) is 7.28. The lowest BCUT2D eigenvalue weighted by molar-refractivity contribution is -0.124. The quantitative estimate of drug-likeness (QED) is 0.802. The van der Waals surface area contributed by atoms with Crippen LogP contribution in [0.25, 0.3) is 0 Å². The molecule has 0 aromatic carbocycles. The maximum atomic E-state index is 12.3. The lowest BCUT2D eigenvalue weighted by Gasteiger charge is -2.43. The Labute approximate surface area is 152 Å². The summed E-state index contributed by atoms with van der Waals surface area (Å²) in [5.41, 5.74) is -0.101. The zero-order chi connectivity index (χ0) is 18.0. The van der Waals surface area contributed by atoms with E-state index in [1.165, 1.54) is 0 Å². The van der Waals surface area contributed by atoms with Crippen LogP contribution in [-0.4, -0.2) is 61.9 Å².